The number of nitrogens with zero attached hydrogens (tertiary/aromatic N) is 1. The van der Waals surface area contributed by atoms with E-state index >= 15 is 0 Å². The van der Waals surface area contributed by atoms with Gasteiger partial charge in [0.1, 0.15) is 18.5 Å². The minimum absolute atomic E-state index is 0.250. The van der Waals surface area contributed by atoms with Gasteiger partial charge in [-0.1, -0.05) is 30.3 Å². The average Bonchev–Trinajstić information content (AvgIpc) is 3.24. The lowest BCUT2D eigenvalue weighted by atomic mass is 10.2. The summed E-state index contributed by atoms with van der Waals surface area (Å²) in [5.41, 5.74) is 2.44. The SMILES string of the molecule is Brc1ccc(OCc2ccccc2)c2nc(OC3CC3)oc12. The van der Waals surface area contributed by atoms with E-state index in [0.29, 0.717) is 29.5 Å². The van der Waals surface area contributed by atoms with Crippen LogP contribution in [0.1, 0.15) is 18.4 Å². The summed E-state index contributed by atoms with van der Waals surface area (Å²) in [6.07, 6.45) is 2.70. The van der Waals surface area contributed by atoms with Crippen LogP contribution in [0, 0.1) is 0 Å². The molecule has 22 heavy (non-hydrogen) atoms. The highest BCUT2D eigenvalue weighted by molar-refractivity contribution is 9.10. The molecule has 3 aromatic rings. The van der Waals surface area contributed by atoms with E-state index in [2.05, 4.69) is 20.9 Å². The van der Waals surface area contributed by atoms with E-state index in [1.54, 1.807) is 0 Å². The van der Waals surface area contributed by atoms with E-state index in [4.69, 9.17) is 13.9 Å². The molecule has 0 spiro atoms. The van der Waals surface area contributed by atoms with Crippen LogP contribution in [0.5, 0.6) is 11.8 Å². The Morgan fingerprint density at radius 2 is 1.95 bits per heavy atom. The molecule has 0 unspecified atom stereocenters. The summed E-state index contributed by atoms with van der Waals surface area (Å²) in [5, 5.41) is 0. The van der Waals surface area contributed by atoms with Crippen molar-refractivity contribution in [3.8, 4) is 11.8 Å². The Labute approximate surface area is 136 Å². The molecule has 0 N–H and O–H groups in total. The van der Waals surface area contributed by atoms with Gasteiger partial charge in [0.15, 0.2) is 11.1 Å². The molecule has 4 nitrogen and oxygen atoms in total. The topological polar surface area (TPSA) is 44.5 Å². The molecule has 2 aromatic carbocycles. The molecule has 0 aliphatic heterocycles. The Balaban J connectivity index is 1.61. The molecule has 1 saturated carbocycles. The molecule has 1 aliphatic carbocycles. The lowest BCUT2D eigenvalue weighted by Gasteiger charge is -2.06. The molecule has 112 valence electrons. The van der Waals surface area contributed by atoms with Gasteiger partial charge in [-0.05, 0) is 46.5 Å². The van der Waals surface area contributed by atoms with Crippen LogP contribution in [-0.4, -0.2) is 11.1 Å². The maximum atomic E-state index is 5.90. The fourth-order valence-corrected chi connectivity index (χ4v) is 2.56. The molecule has 0 saturated heterocycles. The number of benzene rings is 2. The second-order valence-electron chi connectivity index (χ2n) is 5.29. The normalized spacial score (nSPS) is 14.2. The first kappa shape index (κ1) is 13.6. The molecule has 0 radical (unpaired) electrons. The molecule has 5 heteroatoms. The molecule has 0 amide bonds. The highest BCUT2D eigenvalue weighted by Crippen LogP contribution is 2.36. The van der Waals surface area contributed by atoms with Gasteiger partial charge in [-0.2, -0.15) is 4.98 Å². The second-order valence-corrected chi connectivity index (χ2v) is 6.15. The summed E-state index contributed by atoms with van der Waals surface area (Å²) in [6, 6.07) is 13.8. The van der Waals surface area contributed by atoms with Crippen LogP contribution in [0.25, 0.3) is 11.1 Å². The summed E-state index contributed by atoms with van der Waals surface area (Å²) in [4.78, 5) is 4.42. The third kappa shape index (κ3) is 2.81. The van der Waals surface area contributed by atoms with Gasteiger partial charge in [-0.25, -0.2) is 0 Å². The molecule has 0 atom stereocenters. The van der Waals surface area contributed by atoms with Gasteiger partial charge in [0.2, 0.25) is 0 Å². The third-order valence-electron chi connectivity index (χ3n) is 3.47. The van der Waals surface area contributed by atoms with Gasteiger partial charge >= 0.3 is 6.08 Å². The van der Waals surface area contributed by atoms with Crippen molar-refractivity contribution in [3.63, 3.8) is 0 Å². The number of ether oxygens (including phenoxy) is 2. The largest absolute Gasteiger partial charge is 0.486 e. The van der Waals surface area contributed by atoms with Gasteiger partial charge in [0.25, 0.3) is 0 Å². The molecular weight excluding hydrogens is 346 g/mol. The monoisotopic (exact) mass is 359 g/mol. The Morgan fingerprint density at radius 3 is 2.73 bits per heavy atom. The highest BCUT2D eigenvalue weighted by atomic mass is 79.9. The van der Waals surface area contributed by atoms with E-state index in [1.165, 1.54) is 0 Å². The van der Waals surface area contributed by atoms with Crippen molar-refractivity contribution in [2.75, 3.05) is 0 Å². The predicted molar refractivity (Wildman–Crippen MR) is 86.1 cm³/mol. The standard InChI is InChI=1S/C17H14BrNO3/c18-13-8-9-14(20-10-11-4-2-1-3-5-11)15-16(13)22-17(19-15)21-12-6-7-12/h1-5,8-9,12H,6-7,10H2. The van der Waals surface area contributed by atoms with Crippen LogP contribution in [-0.2, 0) is 6.61 Å². The van der Waals surface area contributed by atoms with E-state index < -0.39 is 0 Å². The van der Waals surface area contributed by atoms with Crippen molar-refractivity contribution in [1.29, 1.82) is 0 Å². The van der Waals surface area contributed by atoms with Gasteiger partial charge in [-0.15, -0.1) is 0 Å². The summed E-state index contributed by atoms with van der Waals surface area (Å²) in [5.74, 6) is 0.691. The van der Waals surface area contributed by atoms with Crippen LogP contribution in [0.15, 0.2) is 51.4 Å². The zero-order valence-electron chi connectivity index (χ0n) is 11.8. The first-order valence-electron chi connectivity index (χ1n) is 7.22. The lowest BCUT2D eigenvalue weighted by Crippen LogP contribution is -1.96. The first-order chi connectivity index (χ1) is 10.8. The average molecular weight is 360 g/mol. The Morgan fingerprint density at radius 1 is 1.14 bits per heavy atom. The smallest absolute Gasteiger partial charge is 0.395 e. The zero-order chi connectivity index (χ0) is 14.9. The summed E-state index contributed by atoms with van der Waals surface area (Å²) >= 11 is 3.48. The maximum Gasteiger partial charge on any atom is 0.395 e. The van der Waals surface area contributed by atoms with Gasteiger partial charge in [0.05, 0.1) is 4.47 Å². The van der Waals surface area contributed by atoms with E-state index in [9.17, 15) is 0 Å². The molecule has 1 aromatic heterocycles. The predicted octanol–water partition coefficient (Wildman–Crippen LogP) is 4.71. The van der Waals surface area contributed by atoms with Crippen molar-refractivity contribution in [2.45, 2.75) is 25.6 Å². The van der Waals surface area contributed by atoms with E-state index in [-0.39, 0.29) is 6.10 Å². The van der Waals surface area contributed by atoms with Gasteiger partial charge < -0.3 is 13.9 Å². The highest BCUT2D eigenvalue weighted by Gasteiger charge is 2.26. The zero-order valence-corrected chi connectivity index (χ0v) is 13.4. The Kier molecular flexibility index (Phi) is 3.50. The van der Waals surface area contributed by atoms with Crippen molar-refractivity contribution >= 4 is 27.0 Å². The summed E-state index contributed by atoms with van der Waals surface area (Å²) in [6.45, 7) is 0.489. The lowest BCUT2D eigenvalue weighted by molar-refractivity contribution is 0.224. The Bertz CT molecular complexity index is 796. The minimum Gasteiger partial charge on any atom is -0.486 e. The fraction of sp³-hybridized carbons (Fsp3) is 0.235. The van der Waals surface area contributed by atoms with Crippen molar-refractivity contribution < 1.29 is 13.9 Å². The first-order valence-corrected chi connectivity index (χ1v) is 8.01. The fourth-order valence-electron chi connectivity index (χ4n) is 2.16. The number of oxazole rings is 1. The number of hydrogen-bond acceptors (Lipinski definition) is 4. The molecule has 4 rings (SSSR count). The molecule has 1 heterocycles. The number of hydrogen-bond donors (Lipinski definition) is 0. The number of aromatic nitrogens is 1. The summed E-state index contributed by atoms with van der Waals surface area (Å²) in [7, 11) is 0. The van der Waals surface area contributed by atoms with E-state index in [0.717, 1.165) is 22.9 Å². The number of rotatable bonds is 5. The molecule has 1 aliphatic rings. The van der Waals surface area contributed by atoms with Crippen LogP contribution in [0.2, 0.25) is 0 Å². The van der Waals surface area contributed by atoms with Crippen LogP contribution in [0.3, 0.4) is 0 Å². The van der Waals surface area contributed by atoms with Crippen LogP contribution in [0.4, 0.5) is 0 Å². The Hall–Kier alpha value is -2.01. The molecular formula is C17H14BrNO3. The number of halogens is 1. The molecule has 0 bridgehead atoms. The second kappa shape index (κ2) is 5.65. The quantitative estimate of drug-likeness (QED) is 0.661. The van der Waals surface area contributed by atoms with Crippen molar-refractivity contribution in [2.24, 2.45) is 0 Å². The van der Waals surface area contributed by atoms with Crippen LogP contribution < -0.4 is 9.47 Å². The van der Waals surface area contributed by atoms with Crippen molar-refractivity contribution in [3.05, 3.63) is 52.5 Å². The van der Waals surface area contributed by atoms with Crippen LogP contribution >= 0.6 is 15.9 Å². The third-order valence-corrected chi connectivity index (χ3v) is 4.09. The van der Waals surface area contributed by atoms with Gasteiger partial charge in [0, 0.05) is 0 Å². The maximum absolute atomic E-state index is 5.90. The van der Waals surface area contributed by atoms with E-state index in [1.807, 2.05) is 42.5 Å². The molecule has 1 fully saturated rings. The van der Waals surface area contributed by atoms with Crippen molar-refractivity contribution in [1.82, 2.24) is 4.98 Å². The summed E-state index contributed by atoms with van der Waals surface area (Å²) < 4.78 is 18.0. The van der Waals surface area contributed by atoms with Gasteiger partial charge in [-0.3, -0.25) is 0 Å². The number of fused-ring (bicyclic) bond motifs is 1. The minimum atomic E-state index is 0.250.